The summed E-state index contributed by atoms with van der Waals surface area (Å²) in [4.78, 5) is 91.1. The molecule has 0 bridgehead atoms. The van der Waals surface area contributed by atoms with Crippen LogP contribution in [0.2, 0.25) is 19.6 Å². The molecule has 0 unspecified atom stereocenters. The maximum absolute atomic E-state index is 12.4. The van der Waals surface area contributed by atoms with Crippen molar-refractivity contribution >= 4 is 79.4 Å². The molecule has 7 aromatic carbocycles. The molecule has 0 saturated carbocycles. The molecule has 654 valence electrons. The Labute approximate surface area is 722 Å². The van der Waals surface area contributed by atoms with Gasteiger partial charge in [-0.3, -0.25) is 29.0 Å². The molecule has 23 heteroatoms. The summed E-state index contributed by atoms with van der Waals surface area (Å²) in [6, 6.07) is 70.3. The molecule has 0 spiro atoms. The van der Waals surface area contributed by atoms with Crippen LogP contribution in [0.5, 0.6) is 0 Å². The normalized spacial score (nSPS) is 18.3. The van der Waals surface area contributed by atoms with E-state index in [0.29, 0.717) is 46.1 Å². The Balaban J connectivity index is 0.000000481. The Morgan fingerprint density at radius 2 is 0.815 bits per heavy atom. The van der Waals surface area contributed by atoms with E-state index in [1.165, 1.54) is 39.4 Å². The van der Waals surface area contributed by atoms with Crippen molar-refractivity contribution in [1.82, 2.24) is 24.9 Å². The molecule has 4 saturated heterocycles. The fourth-order valence-corrected chi connectivity index (χ4v) is 15.3. The SMILES string of the molecule is C.C.CC.CC(C)(C)OC(=O)N1C[C@@H](C(=O)O)[C@H](c2ccccc2)C1.CCOC(=O)/C=C/c1ccccc1.CCOC(=O)[C@@H]1CN(C(=O)OC(C)(C)C)C[C@H]1c1ccccc1.CCOC(=O)[C@@H]1CN(Cc2ccccc2)C[C@H]1c1ccccc1.CCOC(=O)[C@@H]1CNC[C@H]1c1ccccc1.COCN(Cc1ccccc1)C[Si](C)(C)C.ClCCl. The van der Waals surface area contributed by atoms with Gasteiger partial charge in [-0.15, -0.1) is 23.2 Å². The number of alkyl halides is 2. The monoisotopic (exact) mass is 1700 g/mol. The van der Waals surface area contributed by atoms with Crippen LogP contribution in [-0.2, 0) is 70.2 Å². The van der Waals surface area contributed by atoms with Crippen LogP contribution in [0.4, 0.5) is 9.59 Å². The number of likely N-dealkylation sites (tertiary alicyclic amines) is 3. The predicted octanol–water partition coefficient (Wildman–Crippen LogP) is 19.9. The van der Waals surface area contributed by atoms with Crippen LogP contribution >= 0.6 is 23.2 Å². The number of hydrogen-bond acceptors (Lipinski definition) is 17. The highest BCUT2D eigenvalue weighted by molar-refractivity contribution is 6.76. The molecule has 0 radical (unpaired) electrons. The number of carbonyl (C=O) groups excluding carboxylic acids is 6. The van der Waals surface area contributed by atoms with E-state index < -0.39 is 37.3 Å². The average Bonchev–Trinajstić information content (AvgIpc) is 1.68. The Hall–Kier alpha value is -9.19. The highest BCUT2D eigenvalue weighted by atomic mass is 35.5. The predicted molar refractivity (Wildman–Crippen MR) is 484 cm³/mol. The number of rotatable bonds is 22. The average molecular weight is 1700 g/mol. The number of hydrogen-bond donors (Lipinski definition) is 2. The van der Waals surface area contributed by atoms with Crippen molar-refractivity contribution in [3.8, 4) is 0 Å². The number of methoxy groups -OCH3 is 1. The molecule has 0 aromatic heterocycles. The summed E-state index contributed by atoms with van der Waals surface area (Å²) in [5.74, 6) is -2.47. The number of carboxylic acid groups (broad SMARTS) is 1. The minimum Gasteiger partial charge on any atom is -0.481 e. The van der Waals surface area contributed by atoms with Gasteiger partial charge in [0.25, 0.3) is 0 Å². The number of benzene rings is 7. The number of carbonyl (C=O) groups is 7. The van der Waals surface area contributed by atoms with E-state index in [1.54, 1.807) is 52.7 Å². The maximum atomic E-state index is 12.4. The Kier molecular flexibility index (Phi) is 50.8. The van der Waals surface area contributed by atoms with Gasteiger partial charge < -0.3 is 53.4 Å². The summed E-state index contributed by atoms with van der Waals surface area (Å²) < 4.78 is 36.4. The molecule has 4 aliphatic rings. The van der Waals surface area contributed by atoms with Crippen molar-refractivity contribution in [2.45, 2.75) is 166 Å². The van der Waals surface area contributed by atoms with E-state index in [9.17, 15) is 38.7 Å². The van der Waals surface area contributed by atoms with E-state index in [0.717, 1.165) is 62.7 Å². The molecule has 4 aliphatic heterocycles. The van der Waals surface area contributed by atoms with Gasteiger partial charge in [-0.1, -0.05) is 261 Å². The van der Waals surface area contributed by atoms with Crippen molar-refractivity contribution in [2.24, 2.45) is 23.7 Å². The zero-order valence-electron chi connectivity index (χ0n) is 71.7. The zero-order chi connectivity index (χ0) is 86.4. The number of ether oxygens (including phenoxy) is 7. The third-order valence-electron chi connectivity index (χ3n) is 18.6. The number of halogens is 2. The van der Waals surface area contributed by atoms with E-state index in [1.807, 2.05) is 182 Å². The van der Waals surface area contributed by atoms with Gasteiger partial charge in [0.05, 0.1) is 70.2 Å². The lowest BCUT2D eigenvalue weighted by Gasteiger charge is -2.28. The fraction of sp³-hybridized carbons (Fsp3) is 0.469. The van der Waals surface area contributed by atoms with Gasteiger partial charge in [-0.05, 0) is 120 Å². The molecule has 2 N–H and O–H groups in total. The lowest BCUT2D eigenvalue weighted by molar-refractivity contribution is -0.148. The standard InChI is InChI=1S/C20H23NO2.C18H25NO4.C16H21NO4.C13H17NO2.C13H23NOSi.C11H12O2.C2H6.CH2Cl2.2CH4/c1-2-23-20(22)19-15-21(13-16-9-5-3-6-10-16)14-18(19)17-11-7-4-8-12-17;1-5-22-16(20)15-12-19(17(21)23-18(2,3)4)11-14(15)13-9-7-6-8-10-13;1-16(2,3)21-15(20)17-9-12(13(10-17)14(18)19)11-7-5-4-6-8-11;1-2-16-13(15)12-9-14-8-11(12)10-6-4-3-5-7-10;1-15-11-14(12-16(2,3)4)10-13-8-6-5-7-9-13;1-2-13-11(12)9-8-10-6-4-3-5-7-10;1-2;2-1-3;;/h3-12,18-19H,2,13-15H2,1H3;6-10,14-15H,5,11-12H2,1-4H3;4-8,12-13H,9-10H2,1-3H3,(H,18,19);3-7,11-12,14H,2,8-9H2,1H3;5-9H,10-12H2,1-4H3;3-9H,2H2,1H3;1-2H3;1H2;2*1H4/b;;;;;9-8+;;;;/t18-,19+;14-,15+;12-,13+;11-,12+;;;;;;/m0000....../s1. The fourth-order valence-electron chi connectivity index (χ4n) is 13.7. The van der Waals surface area contributed by atoms with E-state index >= 15 is 0 Å². The number of carboxylic acids is 1. The third-order valence-corrected chi connectivity index (χ3v) is 20.0. The van der Waals surface area contributed by atoms with Crippen LogP contribution in [-0.4, -0.2) is 190 Å². The summed E-state index contributed by atoms with van der Waals surface area (Å²) >= 11 is 9.53. The van der Waals surface area contributed by atoms with Crippen LogP contribution in [0.3, 0.4) is 0 Å². The molecule has 8 atom stereocenters. The van der Waals surface area contributed by atoms with E-state index in [4.69, 9.17) is 56.4 Å². The molecular weight excluding hydrogens is 1560 g/mol. The number of nitrogens with one attached hydrogen (secondary N) is 1. The lowest BCUT2D eigenvalue weighted by atomic mass is 9.89. The molecule has 4 heterocycles. The zero-order valence-corrected chi connectivity index (χ0v) is 74.2. The van der Waals surface area contributed by atoms with E-state index in [-0.39, 0.29) is 98.1 Å². The Morgan fingerprint density at radius 1 is 0.471 bits per heavy atom. The third kappa shape index (κ3) is 40.2. The molecule has 4 fully saturated rings. The maximum Gasteiger partial charge on any atom is 0.410 e. The number of nitrogens with zero attached hydrogens (tertiary/aromatic N) is 4. The van der Waals surface area contributed by atoms with Crippen molar-refractivity contribution in [1.29, 1.82) is 0 Å². The Bertz CT molecular complexity index is 3970. The highest BCUT2D eigenvalue weighted by Crippen LogP contribution is 2.38. The number of aliphatic carboxylic acids is 1. The van der Waals surface area contributed by atoms with Gasteiger partial charge in [-0.25, -0.2) is 14.4 Å². The van der Waals surface area contributed by atoms with Crippen LogP contribution in [0.15, 0.2) is 218 Å². The van der Waals surface area contributed by atoms with Gasteiger partial charge in [0, 0.05) is 102 Å². The lowest BCUT2D eigenvalue weighted by Crippen LogP contribution is -2.40. The molecule has 119 heavy (non-hydrogen) atoms. The first-order valence-electron chi connectivity index (χ1n) is 40.6. The second kappa shape index (κ2) is 57.1. The first kappa shape index (κ1) is 106. The summed E-state index contributed by atoms with van der Waals surface area (Å²) in [6.45, 7) is 38.1. The molecule has 11 rings (SSSR count). The molecule has 20 nitrogen and oxygen atoms in total. The summed E-state index contributed by atoms with van der Waals surface area (Å²) in [5, 5.41) is 12.9. The number of amides is 2. The van der Waals surface area contributed by atoms with Crippen molar-refractivity contribution < 1.29 is 71.8 Å². The van der Waals surface area contributed by atoms with Crippen LogP contribution in [0, 0.1) is 23.7 Å². The van der Waals surface area contributed by atoms with Gasteiger partial charge in [0.1, 0.15) is 11.2 Å². The van der Waals surface area contributed by atoms with Crippen molar-refractivity contribution in [2.75, 3.05) is 104 Å². The Morgan fingerprint density at radius 3 is 1.19 bits per heavy atom. The first-order chi connectivity index (χ1) is 55.9. The van der Waals surface area contributed by atoms with Gasteiger partial charge >= 0.3 is 42.0 Å². The van der Waals surface area contributed by atoms with Crippen molar-refractivity contribution in [3.05, 3.63) is 257 Å². The first-order valence-corrected chi connectivity index (χ1v) is 45.3. The van der Waals surface area contributed by atoms with Gasteiger partial charge in [-0.2, -0.15) is 0 Å². The molecule has 2 amide bonds. The van der Waals surface area contributed by atoms with Crippen LogP contribution in [0.1, 0.15) is 161 Å². The van der Waals surface area contributed by atoms with Gasteiger partial charge in [0.15, 0.2) is 0 Å². The molecular formula is C96H137Cl2N5O15Si. The second-order valence-corrected chi connectivity index (χ2v) is 37.5. The largest absolute Gasteiger partial charge is 0.481 e. The summed E-state index contributed by atoms with van der Waals surface area (Å²) in [6.07, 6.45) is 3.50. The summed E-state index contributed by atoms with van der Waals surface area (Å²) in [7, 11) is 0.701. The number of esters is 4. The van der Waals surface area contributed by atoms with Crippen LogP contribution in [0.25, 0.3) is 6.08 Å². The van der Waals surface area contributed by atoms with Gasteiger partial charge in [0.2, 0.25) is 0 Å². The second-order valence-electron chi connectivity index (χ2n) is 31.2. The highest BCUT2D eigenvalue weighted by Gasteiger charge is 2.44. The van der Waals surface area contributed by atoms with E-state index in [2.05, 4.69) is 114 Å². The van der Waals surface area contributed by atoms with Crippen LogP contribution < -0.4 is 5.32 Å². The minimum absolute atomic E-state index is 0. The quantitative estimate of drug-likeness (QED) is 0.0160. The minimum atomic E-state index is -1.07. The smallest absolute Gasteiger partial charge is 0.410 e. The summed E-state index contributed by atoms with van der Waals surface area (Å²) in [5.41, 5.74) is 6.92. The molecule has 0 aliphatic carbocycles. The molecule has 7 aromatic rings. The van der Waals surface area contributed by atoms with Crippen molar-refractivity contribution in [3.63, 3.8) is 0 Å². The topological polar surface area (TPSA) is 229 Å².